The van der Waals surface area contributed by atoms with Gasteiger partial charge in [0, 0.05) is 11.6 Å². The Morgan fingerprint density at radius 2 is 2.16 bits per heavy atom. The van der Waals surface area contributed by atoms with Gasteiger partial charge in [0.25, 0.3) is 0 Å². The Morgan fingerprint density at radius 3 is 2.84 bits per heavy atom. The van der Waals surface area contributed by atoms with Crippen LogP contribution >= 0.6 is 15.9 Å². The number of nitrogens with one attached hydrogen (secondary N) is 1. The Bertz CT molecular complexity index is 498. The Balaban J connectivity index is 2.21. The first-order valence-electron chi connectivity index (χ1n) is 6.57. The summed E-state index contributed by atoms with van der Waals surface area (Å²) >= 11 is 3.57. The molecule has 0 radical (unpaired) electrons. The van der Waals surface area contributed by atoms with Crippen LogP contribution in [0, 0.1) is 0 Å². The molecule has 0 spiro atoms. The minimum Gasteiger partial charge on any atom is -0.495 e. The number of hydrogen-bond acceptors (Lipinski definition) is 4. The number of halogens is 1. The second kappa shape index (κ2) is 4.87. The van der Waals surface area contributed by atoms with E-state index in [1.807, 2.05) is 6.07 Å². The summed E-state index contributed by atoms with van der Waals surface area (Å²) in [4.78, 5) is 0. The first-order valence-corrected chi connectivity index (χ1v) is 7.36. The molecule has 5 heteroatoms. The van der Waals surface area contributed by atoms with E-state index in [-0.39, 0.29) is 5.54 Å². The molecule has 19 heavy (non-hydrogen) atoms. The molecule has 3 rings (SSSR count). The Morgan fingerprint density at radius 1 is 1.37 bits per heavy atom. The van der Waals surface area contributed by atoms with Gasteiger partial charge in [-0.3, -0.25) is 0 Å². The molecular formula is C14H18BrNO3. The first-order chi connectivity index (χ1) is 9.15. The zero-order valence-electron chi connectivity index (χ0n) is 11.2. The number of ether oxygens (including phenoxy) is 3. The molecule has 0 saturated carbocycles. The van der Waals surface area contributed by atoms with Gasteiger partial charge in [0.2, 0.25) is 0 Å². The first kappa shape index (κ1) is 13.1. The highest BCUT2D eigenvalue weighted by atomic mass is 79.9. The molecule has 1 saturated heterocycles. The van der Waals surface area contributed by atoms with Crippen molar-refractivity contribution in [1.82, 2.24) is 5.32 Å². The zero-order chi connectivity index (χ0) is 13.5. The Labute approximate surface area is 121 Å². The second-order valence-corrected chi connectivity index (χ2v) is 6.01. The van der Waals surface area contributed by atoms with Crippen molar-refractivity contribution in [2.45, 2.75) is 25.3 Å². The molecule has 1 aromatic carbocycles. The van der Waals surface area contributed by atoms with E-state index in [0.717, 1.165) is 46.7 Å². The highest BCUT2D eigenvalue weighted by Crippen LogP contribution is 2.50. The van der Waals surface area contributed by atoms with E-state index in [1.54, 1.807) is 7.11 Å². The lowest BCUT2D eigenvalue weighted by Crippen LogP contribution is -2.35. The standard InChI is InChI=1S/C14H18BrNO3/c1-14(4-3-5-16-14)11-12(17-2)9(15)8-10-13(11)19-7-6-18-10/h8,16H,3-7H2,1-2H3. The van der Waals surface area contributed by atoms with Crippen LogP contribution in [-0.2, 0) is 5.54 Å². The molecule has 104 valence electrons. The third kappa shape index (κ3) is 2.09. The zero-order valence-corrected chi connectivity index (χ0v) is 12.8. The lowest BCUT2D eigenvalue weighted by Gasteiger charge is -2.32. The van der Waals surface area contributed by atoms with Crippen LogP contribution in [0.5, 0.6) is 17.2 Å². The van der Waals surface area contributed by atoms with E-state index >= 15 is 0 Å². The van der Waals surface area contributed by atoms with Crippen LogP contribution in [0.4, 0.5) is 0 Å². The van der Waals surface area contributed by atoms with Gasteiger partial charge in [-0.05, 0) is 42.2 Å². The fourth-order valence-corrected chi connectivity index (χ4v) is 3.51. The molecule has 2 aliphatic rings. The van der Waals surface area contributed by atoms with Crippen molar-refractivity contribution in [3.8, 4) is 17.2 Å². The number of rotatable bonds is 2. The van der Waals surface area contributed by atoms with E-state index in [2.05, 4.69) is 28.2 Å². The van der Waals surface area contributed by atoms with Crippen LogP contribution in [0.25, 0.3) is 0 Å². The normalized spacial score (nSPS) is 25.4. The van der Waals surface area contributed by atoms with E-state index in [4.69, 9.17) is 14.2 Å². The van der Waals surface area contributed by atoms with E-state index in [9.17, 15) is 0 Å². The highest BCUT2D eigenvalue weighted by Gasteiger charge is 2.38. The maximum absolute atomic E-state index is 5.86. The molecule has 4 nitrogen and oxygen atoms in total. The summed E-state index contributed by atoms with van der Waals surface area (Å²) in [5.74, 6) is 2.45. The predicted octanol–water partition coefficient (Wildman–Crippen LogP) is 2.83. The van der Waals surface area contributed by atoms with Gasteiger partial charge >= 0.3 is 0 Å². The van der Waals surface area contributed by atoms with Gasteiger partial charge in [-0.2, -0.15) is 0 Å². The lowest BCUT2D eigenvalue weighted by atomic mass is 9.88. The van der Waals surface area contributed by atoms with Crippen molar-refractivity contribution < 1.29 is 14.2 Å². The monoisotopic (exact) mass is 327 g/mol. The quantitative estimate of drug-likeness (QED) is 0.906. The van der Waals surface area contributed by atoms with E-state index in [1.165, 1.54) is 0 Å². The fourth-order valence-electron chi connectivity index (χ4n) is 2.95. The minimum atomic E-state index is -0.125. The van der Waals surface area contributed by atoms with Gasteiger partial charge in [-0.15, -0.1) is 0 Å². The van der Waals surface area contributed by atoms with Crippen LogP contribution in [-0.4, -0.2) is 26.9 Å². The van der Waals surface area contributed by atoms with Crippen molar-refractivity contribution in [2.75, 3.05) is 26.9 Å². The molecule has 1 atom stereocenters. The van der Waals surface area contributed by atoms with Crippen LogP contribution in [0.15, 0.2) is 10.5 Å². The van der Waals surface area contributed by atoms with Gasteiger partial charge in [0.05, 0.1) is 17.1 Å². The molecule has 2 aliphatic heterocycles. The highest BCUT2D eigenvalue weighted by molar-refractivity contribution is 9.10. The molecule has 0 aromatic heterocycles. The third-order valence-corrected chi connectivity index (χ3v) is 4.45. The molecule has 0 amide bonds. The molecule has 1 aromatic rings. The van der Waals surface area contributed by atoms with Crippen LogP contribution in [0.2, 0.25) is 0 Å². The summed E-state index contributed by atoms with van der Waals surface area (Å²) in [6, 6.07) is 1.93. The lowest BCUT2D eigenvalue weighted by molar-refractivity contribution is 0.164. The number of methoxy groups -OCH3 is 1. The minimum absolute atomic E-state index is 0.125. The van der Waals surface area contributed by atoms with Crippen molar-refractivity contribution in [2.24, 2.45) is 0 Å². The predicted molar refractivity (Wildman–Crippen MR) is 76.3 cm³/mol. The maximum Gasteiger partial charge on any atom is 0.170 e. The van der Waals surface area contributed by atoms with Crippen LogP contribution in [0.3, 0.4) is 0 Å². The molecule has 1 unspecified atom stereocenters. The topological polar surface area (TPSA) is 39.7 Å². The summed E-state index contributed by atoms with van der Waals surface area (Å²) in [7, 11) is 1.69. The van der Waals surface area contributed by atoms with Gasteiger partial charge in [-0.25, -0.2) is 0 Å². The van der Waals surface area contributed by atoms with E-state index < -0.39 is 0 Å². The molecule has 1 N–H and O–H groups in total. The van der Waals surface area contributed by atoms with Crippen molar-refractivity contribution >= 4 is 15.9 Å². The molecule has 1 fully saturated rings. The molecule has 2 heterocycles. The number of benzene rings is 1. The van der Waals surface area contributed by atoms with Gasteiger partial charge in [0.1, 0.15) is 19.0 Å². The third-order valence-electron chi connectivity index (χ3n) is 3.86. The summed E-state index contributed by atoms with van der Waals surface area (Å²) in [5.41, 5.74) is 0.941. The van der Waals surface area contributed by atoms with Crippen molar-refractivity contribution in [3.05, 3.63) is 16.1 Å². The summed E-state index contributed by atoms with van der Waals surface area (Å²) < 4.78 is 18.1. The molecule has 0 aliphatic carbocycles. The second-order valence-electron chi connectivity index (χ2n) is 5.15. The molecule has 0 bridgehead atoms. The maximum atomic E-state index is 5.86. The van der Waals surface area contributed by atoms with Crippen LogP contribution < -0.4 is 19.5 Å². The molecular weight excluding hydrogens is 310 g/mol. The SMILES string of the molecule is COc1c(Br)cc2c(c1C1(C)CCCN1)OCCO2. The van der Waals surface area contributed by atoms with Crippen molar-refractivity contribution in [3.63, 3.8) is 0 Å². The Kier molecular flexibility index (Phi) is 3.35. The fraction of sp³-hybridized carbons (Fsp3) is 0.571. The van der Waals surface area contributed by atoms with E-state index in [0.29, 0.717) is 13.2 Å². The van der Waals surface area contributed by atoms with Crippen LogP contribution in [0.1, 0.15) is 25.3 Å². The smallest absolute Gasteiger partial charge is 0.170 e. The van der Waals surface area contributed by atoms with Crippen molar-refractivity contribution in [1.29, 1.82) is 0 Å². The largest absolute Gasteiger partial charge is 0.495 e. The van der Waals surface area contributed by atoms with Gasteiger partial charge in [0.15, 0.2) is 11.5 Å². The average Bonchev–Trinajstić information content (AvgIpc) is 2.85. The van der Waals surface area contributed by atoms with Gasteiger partial charge in [-0.1, -0.05) is 0 Å². The average molecular weight is 328 g/mol. The summed E-state index contributed by atoms with van der Waals surface area (Å²) in [6.45, 7) is 4.39. The Hall–Kier alpha value is -0.940. The number of hydrogen-bond donors (Lipinski definition) is 1. The number of fused-ring (bicyclic) bond motifs is 1. The summed E-state index contributed by atoms with van der Waals surface area (Å²) in [5, 5.41) is 3.56. The summed E-state index contributed by atoms with van der Waals surface area (Å²) in [6.07, 6.45) is 2.22. The van der Waals surface area contributed by atoms with Gasteiger partial charge < -0.3 is 19.5 Å².